The molecular formula is C22H22N4O3. The fraction of sp³-hybridized carbons (Fsp3) is 0.227. The van der Waals surface area contributed by atoms with Crippen molar-refractivity contribution >= 4 is 23.3 Å². The zero-order chi connectivity index (χ0) is 20.5. The van der Waals surface area contributed by atoms with Gasteiger partial charge in [-0.15, -0.1) is 0 Å². The van der Waals surface area contributed by atoms with Gasteiger partial charge in [0, 0.05) is 11.3 Å². The normalized spacial score (nSPS) is 15.0. The Morgan fingerprint density at radius 1 is 1.21 bits per heavy atom. The Balaban J connectivity index is 1.53. The van der Waals surface area contributed by atoms with Gasteiger partial charge in [0.25, 0.3) is 5.91 Å². The molecule has 1 unspecified atom stereocenters. The standard InChI is InChI=1S/C22H22N4O3/c1-13-4-9-18(14(2)10-13)24-20(27)11-19-22(28)25-21-17(12-23-26(19)21)15-5-7-16(29-3)8-6-15/h4-10,12,19H,11H2,1-3H3,(H,24,27)(H,25,28). The minimum absolute atomic E-state index is 0.00980. The third kappa shape index (κ3) is 3.59. The van der Waals surface area contributed by atoms with E-state index in [4.69, 9.17) is 4.74 Å². The van der Waals surface area contributed by atoms with Crippen molar-refractivity contribution < 1.29 is 14.3 Å². The Kier molecular flexibility index (Phi) is 4.80. The summed E-state index contributed by atoms with van der Waals surface area (Å²) in [4.78, 5) is 25.1. The summed E-state index contributed by atoms with van der Waals surface area (Å²) in [5.41, 5.74) is 4.57. The quantitative estimate of drug-likeness (QED) is 0.696. The molecule has 1 atom stereocenters. The van der Waals surface area contributed by atoms with Gasteiger partial charge in [-0.3, -0.25) is 9.59 Å². The molecule has 0 aliphatic carbocycles. The van der Waals surface area contributed by atoms with Crippen LogP contribution in [0.5, 0.6) is 5.75 Å². The summed E-state index contributed by atoms with van der Waals surface area (Å²) in [6, 6.07) is 12.7. The van der Waals surface area contributed by atoms with Crippen LogP contribution in [0, 0.1) is 13.8 Å². The molecule has 7 nitrogen and oxygen atoms in total. The van der Waals surface area contributed by atoms with Crippen LogP contribution < -0.4 is 15.4 Å². The second-order valence-electron chi connectivity index (χ2n) is 7.16. The number of amides is 2. The van der Waals surface area contributed by atoms with E-state index in [2.05, 4.69) is 15.7 Å². The molecular weight excluding hydrogens is 368 g/mol. The maximum atomic E-state index is 12.6. The van der Waals surface area contributed by atoms with E-state index in [1.165, 1.54) is 0 Å². The number of hydrogen-bond acceptors (Lipinski definition) is 4. The van der Waals surface area contributed by atoms with E-state index >= 15 is 0 Å². The summed E-state index contributed by atoms with van der Waals surface area (Å²) in [6.07, 6.45) is 1.71. The van der Waals surface area contributed by atoms with Crippen LogP contribution in [0.2, 0.25) is 0 Å². The molecule has 1 aromatic heterocycles. The van der Waals surface area contributed by atoms with Gasteiger partial charge in [0.1, 0.15) is 17.6 Å². The van der Waals surface area contributed by atoms with Gasteiger partial charge in [0.05, 0.1) is 19.7 Å². The van der Waals surface area contributed by atoms with E-state index in [9.17, 15) is 9.59 Å². The van der Waals surface area contributed by atoms with Crippen LogP contribution in [-0.2, 0) is 9.59 Å². The molecule has 2 amide bonds. The zero-order valence-electron chi connectivity index (χ0n) is 16.5. The van der Waals surface area contributed by atoms with Gasteiger partial charge in [0.2, 0.25) is 5.91 Å². The molecule has 7 heteroatoms. The molecule has 1 aliphatic heterocycles. The number of anilines is 2. The average Bonchev–Trinajstić information content (AvgIpc) is 3.24. The number of hydrogen-bond donors (Lipinski definition) is 2. The van der Waals surface area contributed by atoms with Gasteiger partial charge in [0.15, 0.2) is 0 Å². The van der Waals surface area contributed by atoms with Gasteiger partial charge < -0.3 is 15.4 Å². The van der Waals surface area contributed by atoms with Crippen molar-refractivity contribution in [3.63, 3.8) is 0 Å². The molecule has 4 rings (SSSR count). The zero-order valence-corrected chi connectivity index (χ0v) is 16.5. The van der Waals surface area contributed by atoms with Crippen molar-refractivity contribution in [2.45, 2.75) is 26.3 Å². The van der Waals surface area contributed by atoms with Crippen molar-refractivity contribution in [3.8, 4) is 16.9 Å². The number of fused-ring (bicyclic) bond motifs is 1. The van der Waals surface area contributed by atoms with Crippen molar-refractivity contribution in [2.24, 2.45) is 0 Å². The van der Waals surface area contributed by atoms with Gasteiger partial charge in [-0.25, -0.2) is 4.68 Å². The minimum atomic E-state index is -0.678. The monoisotopic (exact) mass is 390 g/mol. The summed E-state index contributed by atoms with van der Waals surface area (Å²) in [5.74, 6) is 0.886. The van der Waals surface area contributed by atoms with Crippen molar-refractivity contribution in [1.29, 1.82) is 0 Å². The first kappa shape index (κ1) is 18.7. The van der Waals surface area contributed by atoms with E-state index in [1.54, 1.807) is 18.0 Å². The van der Waals surface area contributed by atoms with Crippen LogP contribution in [0.3, 0.4) is 0 Å². The molecule has 0 bridgehead atoms. The number of rotatable bonds is 5. The summed E-state index contributed by atoms with van der Waals surface area (Å²) in [5, 5.41) is 10.1. The van der Waals surface area contributed by atoms with Crippen LogP contribution in [-0.4, -0.2) is 28.7 Å². The van der Waals surface area contributed by atoms with E-state index in [0.29, 0.717) is 5.82 Å². The largest absolute Gasteiger partial charge is 0.497 e. The molecule has 0 spiro atoms. The third-order valence-corrected chi connectivity index (χ3v) is 5.07. The number of ether oxygens (including phenoxy) is 1. The van der Waals surface area contributed by atoms with Gasteiger partial charge in [-0.1, -0.05) is 29.8 Å². The number of aryl methyl sites for hydroxylation is 2. The average molecular weight is 390 g/mol. The Labute approximate surface area is 168 Å². The molecule has 3 aromatic rings. The predicted molar refractivity (Wildman–Crippen MR) is 111 cm³/mol. The number of carbonyl (C=O) groups excluding carboxylic acids is 2. The van der Waals surface area contributed by atoms with Crippen molar-refractivity contribution in [1.82, 2.24) is 9.78 Å². The van der Waals surface area contributed by atoms with Gasteiger partial charge in [-0.05, 0) is 43.2 Å². The lowest BCUT2D eigenvalue weighted by Crippen LogP contribution is -2.23. The lowest BCUT2D eigenvalue weighted by atomic mass is 10.1. The Bertz CT molecular complexity index is 1090. The van der Waals surface area contributed by atoms with Crippen LogP contribution >= 0.6 is 0 Å². The highest BCUT2D eigenvalue weighted by molar-refractivity contribution is 6.04. The van der Waals surface area contributed by atoms with Crippen LogP contribution in [0.15, 0.2) is 48.7 Å². The van der Waals surface area contributed by atoms with Gasteiger partial charge >= 0.3 is 0 Å². The Morgan fingerprint density at radius 3 is 2.66 bits per heavy atom. The minimum Gasteiger partial charge on any atom is -0.497 e. The van der Waals surface area contributed by atoms with Crippen molar-refractivity contribution in [3.05, 3.63) is 59.8 Å². The van der Waals surface area contributed by atoms with E-state index in [1.807, 2.05) is 56.3 Å². The Morgan fingerprint density at radius 2 is 1.97 bits per heavy atom. The molecule has 1 aliphatic rings. The molecule has 0 fully saturated rings. The fourth-order valence-electron chi connectivity index (χ4n) is 3.53. The lowest BCUT2D eigenvalue weighted by molar-refractivity contribution is -0.123. The summed E-state index contributed by atoms with van der Waals surface area (Å²) < 4.78 is 6.77. The van der Waals surface area contributed by atoms with Crippen LogP contribution in [0.25, 0.3) is 11.1 Å². The molecule has 29 heavy (non-hydrogen) atoms. The van der Waals surface area contributed by atoms with Crippen molar-refractivity contribution in [2.75, 3.05) is 17.7 Å². The molecule has 2 heterocycles. The van der Waals surface area contributed by atoms with E-state index in [0.717, 1.165) is 33.7 Å². The second kappa shape index (κ2) is 7.43. The maximum Gasteiger partial charge on any atom is 0.251 e. The number of nitrogens with one attached hydrogen (secondary N) is 2. The Hall–Kier alpha value is -3.61. The third-order valence-electron chi connectivity index (χ3n) is 5.07. The van der Waals surface area contributed by atoms with Gasteiger partial charge in [-0.2, -0.15) is 5.10 Å². The van der Waals surface area contributed by atoms with E-state index < -0.39 is 6.04 Å². The molecule has 2 N–H and O–H groups in total. The predicted octanol–water partition coefficient (Wildman–Crippen LogP) is 3.70. The molecule has 2 aromatic carbocycles. The smallest absolute Gasteiger partial charge is 0.251 e. The van der Waals surface area contributed by atoms with Crippen LogP contribution in [0.1, 0.15) is 23.6 Å². The molecule has 148 valence electrons. The maximum absolute atomic E-state index is 12.6. The molecule has 0 saturated carbocycles. The first-order valence-electron chi connectivity index (χ1n) is 9.36. The first-order chi connectivity index (χ1) is 14.0. The summed E-state index contributed by atoms with van der Waals surface area (Å²) >= 11 is 0. The number of nitrogens with zero attached hydrogens (tertiary/aromatic N) is 2. The highest BCUT2D eigenvalue weighted by atomic mass is 16.5. The number of aromatic nitrogens is 2. The first-order valence-corrected chi connectivity index (χ1v) is 9.36. The SMILES string of the molecule is COc1ccc(-c2cnn3c2NC(=O)C3CC(=O)Nc2ccc(C)cc2C)cc1. The molecule has 0 saturated heterocycles. The van der Waals surface area contributed by atoms with Crippen LogP contribution in [0.4, 0.5) is 11.5 Å². The topological polar surface area (TPSA) is 85.2 Å². The number of methoxy groups -OCH3 is 1. The fourth-order valence-corrected chi connectivity index (χ4v) is 3.53. The molecule has 0 radical (unpaired) electrons. The number of benzene rings is 2. The second-order valence-corrected chi connectivity index (χ2v) is 7.16. The lowest BCUT2D eigenvalue weighted by Gasteiger charge is -2.12. The highest BCUT2D eigenvalue weighted by Crippen LogP contribution is 2.36. The number of carbonyl (C=O) groups is 2. The summed E-state index contributed by atoms with van der Waals surface area (Å²) in [6.45, 7) is 3.94. The highest BCUT2D eigenvalue weighted by Gasteiger charge is 2.35. The summed E-state index contributed by atoms with van der Waals surface area (Å²) in [7, 11) is 1.61. The van der Waals surface area contributed by atoms with E-state index in [-0.39, 0.29) is 18.2 Å².